The first kappa shape index (κ1) is 24.1. The number of nitrogens with zero attached hydrogens (tertiary/aromatic N) is 1. The van der Waals surface area contributed by atoms with Crippen molar-refractivity contribution in [2.24, 2.45) is 0 Å². The fourth-order valence-electron chi connectivity index (χ4n) is 4.30. The average molecular weight is 484 g/mol. The van der Waals surface area contributed by atoms with E-state index < -0.39 is 12.1 Å². The zero-order valence-electron chi connectivity index (χ0n) is 19.5. The molecular formula is C26H29NO6S. The third kappa shape index (κ3) is 5.19. The van der Waals surface area contributed by atoms with Crippen LogP contribution in [0.2, 0.25) is 0 Å². The van der Waals surface area contributed by atoms with Gasteiger partial charge in [-0.2, -0.15) is 0 Å². The lowest BCUT2D eigenvalue weighted by molar-refractivity contribution is 0.0556. The molecule has 0 aliphatic carbocycles. The summed E-state index contributed by atoms with van der Waals surface area (Å²) >= 11 is 1.70. The number of hydrogen-bond acceptors (Lipinski definition) is 8. The topological polar surface area (TPSA) is 77.5 Å². The monoisotopic (exact) mass is 483 g/mol. The van der Waals surface area contributed by atoms with Gasteiger partial charge in [-0.25, -0.2) is 4.79 Å². The van der Waals surface area contributed by atoms with Crippen molar-refractivity contribution in [1.29, 1.82) is 0 Å². The maximum atomic E-state index is 11.6. The molecule has 3 aromatic rings. The predicted molar refractivity (Wildman–Crippen MR) is 130 cm³/mol. The molecule has 1 aliphatic rings. The lowest BCUT2D eigenvalue weighted by Crippen LogP contribution is -2.42. The van der Waals surface area contributed by atoms with Gasteiger partial charge in [0.25, 0.3) is 0 Å². The number of aliphatic hydroxyl groups is 1. The van der Waals surface area contributed by atoms with Gasteiger partial charge >= 0.3 is 5.97 Å². The summed E-state index contributed by atoms with van der Waals surface area (Å²) in [6.07, 6.45) is 0.157. The maximum Gasteiger partial charge on any atom is 0.337 e. The van der Waals surface area contributed by atoms with Crippen molar-refractivity contribution in [3.63, 3.8) is 0 Å². The first-order chi connectivity index (χ1) is 16.5. The number of β-amino-alcohol motifs (C(OH)–C–C–N with tert-alkyl or cyclic N) is 1. The second-order valence-corrected chi connectivity index (χ2v) is 9.03. The smallest absolute Gasteiger partial charge is 0.337 e. The number of fused-ring (bicyclic) bond motifs is 1. The van der Waals surface area contributed by atoms with E-state index >= 15 is 0 Å². The second-order valence-electron chi connectivity index (χ2n) is 8.05. The van der Waals surface area contributed by atoms with Crippen LogP contribution in [0.25, 0.3) is 0 Å². The summed E-state index contributed by atoms with van der Waals surface area (Å²) < 4.78 is 21.6. The van der Waals surface area contributed by atoms with Crippen LogP contribution in [0.5, 0.6) is 17.2 Å². The van der Waals surface area contributed by atoms with E-state index in [2.05, 4.69) is 28.5 Å². The summed E-state index contributed by atoms with van der Waals surface area (Å²) in [7, 11) is 4.64. The maximum absolute atomic E-state index is 11.6. The minimum absolute atomic E-state index is 0.0116. The molecule has 0 radical (unpaired) electrons. The number of carbonyl (C=O) groups excluding carboxylic acids is 1. The first-order valence-corrected chi connectivity index (χ1v) is 11.9. The summed E-state index contributed by atoms with van der Waals surface area (Å²) in [6.45, 7) is 1.40. The second kappa shape index (κ2) is 10.9. The van der Waals surface area contributed by atoms with Crippen LogP contribution in [0.1, 0.15) is 32.4 Å². The molecule has 4 rings (SSSR count). The zero-order chi connectivity index (χ0) is 24.1. The fourth-order valence-corrected chi connectivity index (χ4v) is 5.17. The lowest BCUT2D eigenvalue weighted by Gasteiger charge is -2.38. The third-order valence-electron chi connectivity index (χ3n) is 5.95. The number of hydrogen-bond donors (Lipinski definition) is 1. The normalized spacial score (nSPS) is 16.4. The van der Waals surface area contributed by atoms with Gasteiger partial charge in [-0.05, 0) is 65.4 Å². The molecule has 1 aliphatic heterocycles. The number of rotatable bonds is 9. The first-order valence-electron chi connectivity index (χ1n) is 11.1. The van der Waals surface area contributed by atoms with E-state index in [9.17, 15) is 9.90 Å². The highest BCUT2D eigenvalue weighted by Crippen LogP contribution is 2.42. The van der Waals surface area contributed by atoms with Gasteiger partial charge < -0.3 is 24.1 Å². The summed E-state index contributed by atoms with van der Waals surface area (Å²) in [5.41, 5.74) is 2.84. The van der Waals surface area contributed by atoms with Crippen molar-refractivity contribution in [3.05, 3.63) is 75.5 Å². The summed E-state index contributed by atoms with van der Waals surface area (Å²) in [5.74, 6) is 1.61. The number of esters is 1. The van der Waals surface area contributed by atoms with Crippen LogP contribution in [0, 0.1) is 0 Å². The SMILES string of the molecule is COC(=O)c1ccc(OC[C@@H](O)CN2CCc3cc(OC)c(OC)cc3[C@@H]2c2cccs2)cc1. The van der Waals surface area contributed by atoms with Crippen LogP contribution < -0.4 is 14.2 Å². The number of thiophene rings is 1. The van der Waals surface area contributed by atoms with Gasteiger partial charge in [-0.15, -0.1) is 11.3 Å². The number of aliphatic hydroxyl groups excluding tert-OH is 1. The highest BCUT2D eigenvalue weighted by Gasteiger charge is 2.32. The van der Waals surface area contributed by atoms with Gasteiger partial charge in [-0.1, -0.05) is 6.07 Å². The Morgan fingerprint density at radius 1 is 1.12 bits per heavy atom. The Bertz CT molecular complexity index is 1100. The Morgan fingerprint density at radius 3 is 2.50 bits per heavy atom. The predicted octanol–water partition coefficient (Wildman–Crippen LogP) is 3.94. The molecule has 2 heterocycles. The Kier molecular flexibility index (Phi) is 7.72. The van der Waals surface area contributed by atoms with E-state index in [1.54, 1.807) is 49.8 Å². The number of methoxy groups -OCH3 is 3. The van der Waals surface area contributed by atoms with E-state index in [1.165, 1.54) is 17.6 Å². The quantitative estimate of drug-likeness (QED) is 0.462. The van der Waals surface area contributed by atoms with Crippen molar-refractivity contribution in [2.75, 3.05) is 41.0 Å². The molecule has 34 heavy (non-hydrogen) atoms. The molecular weight excluding hydrogens is 454 g/mol. The van der Waals surface area contributed by atoms with E-state index in [-0.39, 0.29) is 12.6 Å². The highest BCUT2D eigenvalue weighted by molar-refractivity contribution is 7.10. The minimum atomic E-state index is -0.690. The molecule has 7 nitrogen and oxygen atoms in total. The highest BCUT2D eigenvalue weighted by atomic mass is 32.1. The van der Waals surface area contributed by atoms with Crippen molar-refractivity contribution in [3.8, 4) is 17.2 Å². The van der Waals surface area contributed by atoms with E-state index in [4.69, 9.17) is 18.9 Å². The fraction of sp³-hybridized carbons (Fsp3) is 0.346. The van der Waals surface area contributed by atoms with Gasteiger partial charge in [0.1, 0.15) is 18.5 Å². The zero-order valence-corrected chi connectivity index (χ0v) is 20.3. The Morgan fingerprint density at radius 2 is 1.85 bits per heavy atom. The molecule has 0 spiro atoms. The van der Waals surface area contributed by atoms with Crippen LogP contribution >= 0.6 is 11.3 Å². The van der Waals surface area contributed by atoms with Gasteiger partial charge in [0.05, 0.1) is 32.9 Å². The summed E-state index contributed by atoms with van der Waals surface area (Å²) in [6, 6.07) is 15.0. The molecule has 1 N–H and O–H groups in total. The lowest BCUT2D eigenvalue weighted by atomic mass is 9.90. The molecule has 2 atom stereocenters. The molecule has 0 amide bonds. The number of ether oxygens (including phenoxy) is 4. The van der Waals surface area contributed by atoms with Crippen LogP contribution in [-0.2, 0) is 11.2 Å². The summed E-state index contributed by atoms with van der Waals surface area (Å²) in [4.78, 5) is 15.1. The molecule has 1 aromatic heterocycles. The van der Waals surface area contributed by atoms with Crippen molar-refractivity contribution >= 4 is 17.3 Å². The van der Waals surface area contributed by atoms with Gasteiger partial charge in [0.2, 0.25) is 0 Å². The molecule has 0 saturated carbocycles. The van der Waals surface area contributed by atoms with Crippen molar-refractivity contribution < 1.29 is 28.8 Å². The summed E-state index contributed by atoms with van der Waals surface area (Å²) in [5, 5.41) is 12.9. The van der Waals surface area contributed by atoms with Gasteiger partial charge in [0, 0.05) is 18.0 Å². The average Bonchev–Trinajstić information content (AvgIpc) is 3.40. The molecule has 2 aromatic carbocycles. The van der Waals surface area contributed by atoms with Crippen LogP contribution in [0.15, 0.2) is 53.9 Å². The van der Waals surface area contributed by atoms with Crippen LogP contribution in [-0.4, -0.2) is 63.1 Å². The van der Waals surface area contributed by atoms with Crippen molar-refractivity contribution in [2.45, 2.75) is 18.6 Å². The minimum Gasteiger partial charge on any atom is -0.493 e. The Labute approximate surface area is 203 Å². The van der Waals surface area contributed by atoms with Gasteiger partial charge in [-0.3, -0.25) is 4.90 Å². The largest absolute Gasteiger partial charge is 0.493 e. The van der Waals surface area contributed by atoms with E-state index in [0.717, 1.165) is 24.3 Å². The molecule has 0 bridgehead atoms. The Balaban J connectivity index is 1.48. The standard InChI is InChI=1S/C26H29NO6S/c1-30-22-13-18-10-11-27(25(24-5-4-12-34-24)21(18)14-23(22)31-2)15-19(28)16-33-20-8-6-17(7-9-20)26(29)32-3/h4-9,12-14,19,25,28H,10-11,15-16H2,1-3H3/t19-,25+/m0/s1. The Hall–Kier alpha value is -3.07. The van der Waals surface area contributed by atoms with E-state index in [1.807, 2.05) is 6.07 Å². The molecule has 180 valence electrons. The molecule has 0 saturated heterocycles. The van der Waals surface area contributed by atoms with Crippen LogP contribution in [0.3, 0.4) is 0 Å². The van der Waals surface area contributed by atoms with Gasteiger partial charge in [0.15, 0.2) is 11.5 Å². The van der Waals surface area contributed by atoms with Crippen LogP contribution in [0.4, 0.5) is 0 Å². The van der Waals surface area contributed by atoms with Crippen molar-refractivity contribution in [1.82, 2.24) is 4.90 Å². The number of carbonyl (C=O) groups is 1. The molecule has 0 unspecified atom stereocenters. The van der Waals surface area contributed by atoms with E-state index in [0.29, 0.717) is 23.6 Å². The molecule has 8 heteroatoms. The molecule has 0 fully saturated rings. The third-order valence-corrected chi connectivity index (χ3v) is 6.87. The number of benzene rings is 2.